The van der Waals surface area contributed by atoms with Crippen LogP contribution in [0.15, 0.2) is 121 Å². The van der Waals surface area contributed by atoms with Crippen molar-refractivity contribution in [1.29, 1.82) is 0 Å². The van der Waals surface area contributed by atoms with Gasteiger partial charge in [-0.2, -0.15) is 0 Å². The molecule has 2 N–H and O–H groups in total. The molecule has 1 heterocycles. The lowest BCUT2D eigenvalue weighted by molar-refractivity contribution is -0.118. The summed E-state index contributed by atoms with van der Waals surface area (Å²) in [5.41, 5.74) is 5.82. The van der Waals surface area contributed by atoms with E-state index in [4.69, 9.17) is 4.98 Å². The smallest absolute Gasteiger partial charge is 0.252 e. The number of nitrogens with one attached hydrogen (secondary N) is 1. The van der Waals surface area contributed by atoms with Crippen molar-refractivity contribution in [3.8, 4) is 11.3 Å². The normalized spacial score (nSPS) is 13.4. The van der Waals surface area contributed by atoms with E-state index in [-0.39, 0.29) is 5.91 Å². The van der Waals surface area contributed by atoms with E-state index in [9.17, 15) is 9.90 Å². The number of aliphatic hydroxyl groups excluding tert-OH is 1. The lowest BCUT2D eigenvalue weighted by Gasteiger charge is -2.24. The molecule has 1 unspecified atom stereocenters. The third kappa shape index (κ3) is 9.53. The van der Waals surface area contributed by atoms with E-state index >= 15 is 0 Å². The number of hydrogen-bond acceptors (Lipinski definition) is 3. The van der Waals surface area contributed by atoms with Crippen molar-refractivity contribution >= 4 is 16.7 Å². The molecule has 1 aromatic heterocycles. The van der Waals surface area contributed by atoms with Crippen molar-refractivity contribution in [2.75, 3.05) is 0 Å². The molecule has 1 amide bonds. The molecule has 0 bridgehead atoms. The highest BCUT2D eigenvalue weighted by atomic mass is 16.3. The van der Waals surface area contributed by atoms with Gasteiger partial charge in [0.2, 0.25) is 0 Å². The molecular formula is C38H48N2O2. The summed E-state index contributed by atoms with van der Waals surface area (Å²) in [6.45, 7) is 21.5. The molecule has 3 rings (SSSR count). The Balaban J connectivity index is 0.00000301. The predicted octanol–water partition coefficient (Wildman–Crippen LogP) is 9.09. The van der Waals surface area contributed by atoms with Gasteiger partial charge in [0.15, 0.2) is 0 Å². The summed E-state index contributed by atoms with van der Waals surface area (Å²) in [5, 5.41) is 16.5. The topological polar surface area (TPSA) is 62.2 Å². The minimum Gasteiger partial charge on any atom is -0.393 e. The summed E-state index contributed by atoms with van der Waals surface area (Å²) in [6.07, 6.45) is 9.99. The maximum Gasteiger partial charge on any atom is 0.252 e. The number of nitrogens with zero attached hydrogens (tertiary/aromatic N) is 1. The first-order valence-corrected chi connectivity index (χ1v) is 14.8. The van der Waals surface area contributed by atoms with Gasteiger partial charge in [-0.25, -0.2) is 0 Å². The van der Waals surface area contributed by atoms with Gasteiger partial charge in [0.05, 0.1) is 11.8 Å². The van der Waals surface area contributed by atoms with E-state index in [0.29, 0.717) is 24.8 Å². The fourth-order valence-corrected chi connectivity index (χ4v) is 4.76. The third-order valence-electron chi connectivity index (χ3n) is 6.80. The van der Waals surface area contributed by atoms with E-state index in [1.807, 2.05) is 97.1 Å². The molecule has 1 atom stereocenters. The number of rotatable bonds is 11. The van der Waals surface area contributed by atoms with Crippen LogP contribution in [0.1, 0.15) is 66.9 Å². The SMILES string of the molecule is C=C\C=C/C(=C(\C)C=C)C(/C(=O)NC(C)(C)C)=C(\C)CCC(O)Cc1ccccc1-c1nccc2ccccc12.CC. The van der Waals surface area contributed by atoms with Gasteiger partial charge in [0, 0.05) is 28.3 Å². The van der Waals surface area contributed by atoms with Gasteiger partial charge in [-0.1, -0.05) is 105 Å². The van der Waals surface area contributed by atoms with Gasteiger partial charge in [0.1, 0.15) is 0 Å². The maximum atomic E-state index is 13.5. The molecule has 42 heavy (non-hydrogen) atoms. The summed E-state index contributed by atoms with van der Waals surface area (Å²) in [4.78, 5) is 18.2. The van der Waals surface area contributed by atoms with Crippen LogP contribution >= 0.6 is 0 Å². The van der Waals surface area contributed by atoms with Gasteiger partial charge in [0.25, 0.3) is 5.91 Å². The number of pyridine rings is 1. The Kier molecular flexibility index (Phi) is 13.4. The molecule has 0 radical (unpaired) electrons. The van der Waals surface area contributed by atoms with Gasteiger partial charge >= 0.3 is 0 Å². The molecule has 0 saturated heterocycles. The van der Waals surface area contributed by atoms with Crippen LogP contribution in [0.4, 0.5) is 0 Å². The second-order valence-corrected chi connectivity index (χ2v) is 11.2. The molecule has 0 spiro atoms. The Labute approximate surface area is 253 Å². The number of aromatic nitrogens is 1. The molecule has 0 aliphatic rings. The average molecular weight is 565 g/mol. The maximum absolute atomic E-state index is 13.5. The largest absolute Gasteiger partial charge is 0.393 e. The number of hydrogen-bond donors (Lipinski definition) is 2. The Bertz CT molecular complexity index is 1460. The predicted molar refractivity (Wildman–Crippen MR) is 180 cm³/mol. The zero-order chi connectivity index (χ0) is 31.3. The lowest BCUT2D eigenvalue weighted by Crippen LogP contribution is -2.42. The van der Waals surface area contributed by atoms with Crippen LogP contribution in [0.2, 0.25) is 0 Å². The van der Waals surface area contributed by atoms with Crippen LogP contribution in [0.25, 0.3) is 22.0 Å². The number of carbonyl (C=O) groups excluding carboxylic acids is 1. The molecule has 0 saturated carbocycles. The van der Waals surface area contributed by atoms with Crippen molar-refractivity contribution in [1.82, 2.24) is 10.3 Å². The number of fused-ring (bicyclic) bond motifs is 1. The molecule has 4 nitrogen and oxygen atoms in total. The fourth-order valence-electron chi connectivity index (χ4n) is 4.76. The average Bonchev–Trinajstić information content (AvgIpc) is 2.97. The molecule has 0 fully saturated rings. The zero-order valence-electron chi connectivity index (χ0n) is 26.5. The molecule has 4 heteroatoms. The summed E-state index contributed by atoms with van der Waals surface area (Å²) >= 11 is 0. The van der Waals surface area contributed by atoms with Gasteiger partial charge < -0.3 is 10.4 Å². The fraction of sp³-hybridized carbons (Fsp3) is 0.316. The highest BCUT2D eigenvalue weighted by Crippen LogP contribution is 2.31. The number of amides is 1. The van der Waals surface area contributed by atoms with E-state index in [0.717, 1.165) is 44.3 Å². The van der Waals surface area contributed by atoms with Crippen LogP contribution in [0, 0.1) is 0 Å². The molecule has 3 aromatic rings. The van der Waals surface area contributed by atoms with Crippen LogP contribution in [0.5, 0.6) is 0 Å². The van der Waals surface area contributed by atoms with E-state index < -0.39 is 11.6 Å². The van der Waals surface area contributed by atoms with Crippen LogP contribution in [-0.2, 0) is 11.2 Å². The highest BCUT2D eigenvalue weighted by Gasteiger charge is 2.23. The molecule has 2 aromatic carbocycles. The number of allylic oxidation sites excluding steroid dienone is 6. The summed E-state index contributed by atoms with van der Waals surface area (Å²) in [6, 6.07) is 18.4. The van der Waals surface area contributed by atoms with E-state index in [1.165, 1.54) is 0 Å². The quantitative estimate of drug-likeness (QED) is 0.180. The standard InChI is InChI=1S/C36H42N2O2.C2H6/c1-8-10-17-30(25(3)9-2)33(35(40)38-36(5,6)7)26(4)20-21-29(39)24-28-16-12-14-19-32(28)34-31-18-13-11-15-27(31)22-23-37-34;1-2/h8-19,22-23,29,39H,1-2,20-21,24H2,3-7H3,(H,38,40);1-2H3/b17-10-,30-25-,33-26-;. The second kappa shape index (κ2) is 16.4. The molecule has 0 aliphatic carbocycles. The van der Waals surface area contributed by atoms with Crippen LogP contribution < -0.4 is 5.32 Å². The molecule has 222 valence electrons. The highest BCUT2D eigenvalue weighted by molar-refractivity contribution is 6.00. The van der Waals surface area contributed by atoms with E-state index in [1.54, 1.807) is 12.2 Å². The zero-order valence-corrected chi connectivity index (χ0v) is 26.5. The lowest BCUT2D eigenvalue weighted by atomic mass is 9.90. The first-order chi connectivity index (χ1) is 20.1. The number of benzene rings is 2. The minimum absolute atomic E-state index is 0.142. The summed E-state index contributed by atoms with van der Waals surface area (Å²) in [7, 11) is 0. The number of aliphatic hydroxyl groups is 1. The van der Waals surface area contributed by atoms with Gasteiger partial charge in [-0.05, 0) is 82.0 Å². The summed E-state index contributed by atoms with van der Waals surface area (Å²) in [5.74, 6) is -0.142. The van der Waals surface area contributed by atoms with Crippen LogP contribution in [0.3, 0.4) is 0 Å². The van der Waals surface area contributed by atoms with Crippen molar-refractivity contribution in [2.24, 2.45) is 0 Å². The molecular weight excluding hydrogens is 516 g/mol. The third-order valence-corrected chi connectivity index (χ3v) is 6.80. The Hall–Kier alpha value is -4.02. The monoisotopic (exact) mass is 564 g/mol. The van der Waals surface area contributed by atoms with Crippen molar-refractivity contribution in [2.45, 2.75) is 79.4 Å². The Morgan fingerprint density at radius 3 is 2.36 bits per heavy atom. The van der Waals surface area contributed by atoms with Gasteiger partial charge in [-0.3, -0.25) is 9.78 Å². The second-order valence-electron chi connectivity index (χ2n) is 11.2. The van der Waals surface area contributed by atoms with Gasteiger partial charge in [-0.15, -0.1) is 0 Å². The minimum atomic E-state index is -0.588. The van der Waals surface area contributed by atoms with Crippen molar-refractivity contribution in [3.05, 3.63) is 126 Å². The number of carbonyl (C=O) groups is 1. The Morgan fingerprint density at radius 1 is 1.02 bits per heavy atom. The Morgan fingerprint density at radius 2 is 1.69 bits per heavy atom. The first-order valence-electron chi connectivity index (χ1n) is 14.8. The van der Waals surface area contributed by atoms with E-state index in [2.05, 4.69) is 42.7 Å². The first kappa shape index (κ1) is 34.2. The molecule has 0 aliphatic heterocycles. The summed E-state index contributed by atoms with van der Waals surface area (Å²) < 4.78 is 0. The van der Waals surface area contributed by atoms with Crippen molar-refractivity contribution < 1.29 is 9.90 Å². The van der Waals surface area contributed by atoms with Crippen LogP contribution in [-0.4, -0.2) is 27.6 Å². The van der Waals surface area contributed by atoms with Crippen molar-refractivity contribution in [3.63, 3.8) is 0 Å².